The van der Waals surface area contributed by atoms with E-state index in [4.69, 9.17) is 29.4 Å². The van der Waals surface area contributed by atoms with Crippen LogP contribution in [-0.4, -0.2) is 153 Å². The number of carbonyl (C=O) groups excluding carboxylic acids is 3. The molecular formula is C47H73FN8O9S2. The summed E-state index contributed by atoms with van der Waals surface area (Å²) in [5, 5.41) is 24.0. The van der Waals surface area contributed by atoms with E-state index in [0.29, 0.717) is 57.4 Å². The second-order valence-electron chi connectivity index (χ2n) is 18.9. The normalized spacial score (nSPS) is 33.3. The van der Waals surface area contributed by atoms with Gasteiger partial charge in [0, 0.05) is 85.4 Å². The Balaban J connectivity index is 0.00000273. The maximum Gasteiger partial charge on any atom is 0.410 e. The number of nitrogen functional groups attached to an aromatic ring is 1. The molecule has 6 rings (SSSR count). The minimum Gasteiger partial charge on any atom is -0.457 e. The SMILES string of the molecule is CC[C@H]1OC(=O)[C@H](Cc2cncs2)C(=O)[C@H](C)[C@@H](O[C@@H]2O[C@H](C)CC(N(C)C)C2O)[C@](C)(OC)C[C@@H](C)CN[C@H](C)[C@H]2N(CCCCn3cc(-c4cccc(N)c4)nn3)C(=O)O[C@]12C.CSF. The summed E-state index contributed by atoms with van der Waals surface area (Å²) in [6, 6.07) is 6.37. The van der Waals surface area contributed by atoms with Crippen molar-refractivity contribution in [2.45, 2.75) is 154 Å². The first-order valence-electron chi connectivity index (χ1n) is 23.3. The molecule has 1 aromatic carbocycles. The second-order valence-corrected chi connectivity index (χ2v) is 20.2. The highest BCUT2D eigenvalue weighted by Crippen LogP contribution is 2.41. The summed E-state index contributed by atoms with van der Waals surface area (Å²) < 4.78 is 44.1. The largest absolute Gasteiger partial charge is 0.457 e. The minimum absolute atomic E-state index is 0.0398. The molecule has 3 aromatic rings. The van der Waals surface area contributed by atoms with Crippen LogP contribution in [0.4, 0.5) is 14.4 Å². The number of amides is 1. The van der Waals surface area contributed by atoms with Gasteiger partial charge < -0.3 is 44.7 Å². The number of nitrogens with zero attached hydrogens (tertiary/aromatic N) is 6. The number of hydrogen-bond donors (Lipinski definition) is 3. The zero-order valence-electron chi connectivity index (χ0n) is 40.9. The molecule has 4 N–H and O–H groups in total. The van der Waals surface area contributed by atoms with E-state index in [0.717, 1.165) is 16.1 Å². The number of nitrogens with one attached hydrogen (secondary N) is 1. The quantitative estimate of drug-likeness (QED) is 0.0755. The molecule has 0 spiro atoms. The predicted octanol–water partition coefficient (Wildman–Crippen LogP) is 6.20. The number of ether oxygens (including phenoxy) is 5. The van der Waals surface area contributed by atoms with Crippen molar-refractivity contribution in [2.75, 3.05) is 46.3 Å². The number of likely N-dealkylation sites (N-methyl/N-ethyl adjacent to an activating group) is 1. The molecule has 0 saturated carbocycles. The first-order chi connectivity index (χ1) is 31.8. The molecule has 67 heavy (non-hydrogen) atoms. The number of esters is 1. The Hall–Kier alpha value is -3.76. The highest BCUT2D eigenvalue weighted by Gasteiger charge is 2.59. The third-order valence-electron chi connectivity index (χ3n) is 13.6. The van der Waals surface area contributed by atoms with E-state index in [9.17, 15) is 18.6 Å². The number of thiazole rings is 1. The molecule has 3 aliphatic heterocycles. The van der Waals surface area contributed by atoms with Crippen molar-refractivity contribution in [1.29, 1.82) is 0 Å². The number of ketones is 1. The molecular weight excluding hydrogens is 904 g/mol. The molecule has 13 atom stereocenters. The number of rotatable bonds is 13. The maximum absolute atomic E-state index is 15.1. The number of aliphatic hydroxyl groups excluding tert-OH is 1. The van der Waals surface area contributed by atoms with E-state index in [1.807, 2.05) is 84.1 Å². The number of Topliss-reactive ketones (excluding diaryl/α,β-unsaturated/α-hetero) is 1. The van der Waals surface area contributed by atoms with Crippen molar-refractivity contribution in [3.8, 4) is 11.3 Å². The lowest BCUT2D eigenvalue weighted by Gasteiger charge is -2.46. The lowest BCUT2D eigenvalue weighted by atomic mass is 9.77. The van der Waals surface area contributed by atoms with Gasteiger partial charge in [0.05, 0.1) is 35.6 Å². The van der Waals surface area contributed by atoms with Gasteiger partial charge in [-0.05, 0) is 98.5 Å². The molecule has 3 fully saturated rings. The fourth-order valence-electron chi connectivity index (χ4n) is 10.1. The zero-order valence-corrected chi connectivity index (χ0v) is 42.6. The van der Waals surface area contributed by atoms with Crippen LogP contribution in [0.1, 0.15) is 85.4 Å². The van der Waals surface area contributed by atoms with Gasteiger partial charge in [-0.15, -0.1) is 16.4 Å². The van der Waals surface area contributed by atoms with Crippen molar-refractivity contribution in [2.24, 2.45) is 17.8 Å². The average molecular weight is 977 g/mol. The number of carbonyl (C=O) groups is 3. The summed E-state index contributed by atoms with van der Waals surface area (Å²) in [5.74, 6) is -3.35. The standard InChI is InChI=1S/C46H70N8O9S.CH3FS/c1-11-37-46(7)40(54(44(58)63-46)18-13-12-17-53-25-35(50-51-53)31-15-14-16-32(47)20-31)30(5)49-23-27(2)22-45(6,59-10)41(62-43-39(56)36(52(8)9)19-28(3)60-43)29(4)38(55)34(42(57)61-37)21-33-24-48-26-64-33;1-3-2/h14-16,20,24-30,34,36-37,39-41,43,49,56H,11-13,17-19,21-23,47H2,1-10H3;1H3/t27-,28-,29+,30-,34-,36?,37-,39?,40-,41-,43+,45-,46-;/m1./s1. The van der Waals surface area contributed by atoms with Gasteiger partial charge in [-0.3, -0.25) is 24.2 Å². The van der Waals surface area contributed by atoms with Crippen LogP contribution in [0.3, 0.4) is 0 Å². The summed E-state index contributed by atoms with van der Waals surface area (Å²) in [5.41, 5.74) is 7.53. The minimum atomic E-state index is -1.28. The summed E-state index contributed by atoms with van der Waals surface area (Å²) in [7, 11) is 5.40. The highest BCUT2D eigenvalue weighted by molar-refractivity contribution is 7.93. The molecule has 1 amide bonds. The van der Waals surface area contributed by atoms with Gasteiger partial charge in [0.1, 0.15) is 23.8 Å². The number of cyclic esters (lactones) is 1. The Morgan fingerprint density at radius 2 is 1.85 bits per heavy atom. The average Bonchev–Trinajstić information content (AvgIpc) is 4.05. The summed E-state index contributed by atoms with van der Waals surface area (Å²) in [4.78, 5) is 52.5. The van der Waals surface area contributed by atoms with Crippen LogP contribution in [0.2, 0.25) is 0 Å². The van der Waals surface area contributed by atoms with E-state index in [2.05, 4.69) is 27.5 Å². The van der Waals surface area contributed by atoms with Gasteiger partial charge in [-0.2, -0.15) is 3.89 Å². The number of aliphatic hydroxyl groups is 1. The number of hydrogen-bond acceptors (Lipinski definition) is 17. The molecule has 0 radical (unpaired) electrons. The third-order valence-corrected chi connectivity index (χ3v) is 14.4. The van der Waals surface area contributed by atoms with Gasteiger partial charge in [-0.1, -0.05) is 38.1 Å². The number of aromatic nitrogens is 4. The van der Waals surface area contributed by atoms with E-state index in [-0.39, 0.29) is 42.7 Å². The van der Waals surface area contributed by atoms with Crippen LogP contribution in [0.5, 0.6) is 0 Å². The summed E-state index contributed by atoms with van der Waals surface area (Å²) >= 11 is 1.59. The number of methoxy groups -OCH3 is 1. The van der Waals surface area contributed by atoms with Crippen molar-refractivity contribution in [1.82, 2.24) is 35.1 Å². The van der Waals surface area contributed by atoms with Crippen LogP contribution in [-0.2, 0) is 46.2 Å². The Labute approximate surface area is 403 Å². The molecule has 374 valence electrons. The Morgan fingerprint density at radius 3 is 2.49 bits per heavy atom. The Kier molecular flexibility index (Phi) is 19.6. The van der Waals surface area contributed by atoms with E-state index < -0.39 is 71.5 Å². The zero-order chi connectivity index (χ0) is 49.2. The molecule has 2 unspecified atom stereocenters. The topological polar surface area (TPSA) is 206 Å². The molecule has 0 aliphatic carbocycles. The fraction of sp³-hybridized carbons (Fsp3) is 0.702. The van der Waals surface area contributed by atoms with Crippen LogP contribution in [0, 0.1) is 17.8 Å². The first-order valence-corrected chi connectivity index (χ1v) is 25.3. The predicted molar refractivity (Wildman–Crippen MR) is 257 cm³/mol. The van der Waals surface area contributed by atoms with Crippen molar-refractivity contribution >= 4 is 47.0 Å². The lowest BCUT2D eigenvalue weighted by Crippen LogP contribution is -2.61. The van der Waals surface area contributed by atoms with E-state index >= 15 is 4.79 Å². The monoisotopic (exact) mass is 976 g/mol. The van der Waals surface area contributed by atoms with Gasteiger partial charge >= 0.3 is 12.1 Å². The van der Waals surface area contributed by atoms with E-state index in [1.54, 1.807) is 35.3 Å². The summed E-state index contributed by atoms with van der Waals surface area (Å²) in [6.45, 7) is 14.9. The molecule has 5 heterocycles. The molecule has 3 aliphatic rings. The second kappa shape index (κ2) is 24.2. The van der Waals surface area contributed by atoms with Gasteiger partial charge in [0.25, 0.3) is 0 Å². The number of unbranched alkanes of at least 4 members (excludes halogenated alkanes) is 1. The smallest absolute Gasteiger partial charge is 0.410 e. The molecule has 20 heteroatoms. The van der Waals surface area contributed by atoms with Gasteiger partial charge in [0.15, 0.2) is 17.7 Å². The molecule has 2 aromatic heterocycles. The van der Waals surface area contributed by atoms with Crippen molar-refractivity contribution in [3.05, 3.63) is 47.0 Å². The van der Waals surface area contributed by atoms with Crippen LogP contribution in [0.25, 0.3) is 11.3 Å². The first kappa shape index (κ1) is 54.2. The van der Waals surface area contributed by atoms with Crippen molar-refractivity contribution < 1.29 is 47.1 Å². The number of aryl methyl sites for hydroxylation is 1. The lowest BCUT2D eigenvalue weighted by molar-refractivity contribution is -0.295. The molecule has 17 nitrogen and oxygen atoms in total. The van der Waals surface area contributed by atoms with Crippen LogP contribution in [0.15, 0.2) is 42.2 Å². The number of nitrogens with two attached hydrogens (primary N) is 1. The summed E-state index contributed by atoms with van der Waals surface area (Å²) in [6.07, 6.45) is 2.99. The highest BCUT2D eigenvalue weighted by atomic mass is 32.2. The number of benzene rings is 1. The maximum atomic E-state index is 15.1. The van der Waals surface area contributed by atoms with Crippen LogP contribution < -0.4 is 11.1 Å². The Bertz CT molecular complexity index is 2050. The third kappa shape index (κ3) is 13.1. The van der Waals surface area contributed by atoms with Crippen molar-refractivity contribution in [3.63, 3.8) is 0 Å². The van der Waals surface area contributed by atoms with E-state index in [1.165, 1.54) is 17.6 Å². The van der Waals surface area contributed by atoms with Gasteiger partial charge in [0.2, 0.25) is 0 Å². The molecule has 0 bridgehead atoms. The van der Waals surface area contributed by atoms with Gasteiger partial charge in [-0.25, -0.2) is 4.79 Å². The number of fused-ring (bicyclic) bond motifs is 1. The number of halogens is 1. The Morgan fingerprint density at radius 1 is 1.13 bits per heavy atom. The van der Waals surface area contributed by atoms with Crippen LogP contribution >= 0.6 is 23.5 Å². The number of anilines is 1. The molecule has 3 saturated heterocycles. The fourth-order valence-corrected chi connectivity index (χ4v) is 10.7.